The number of anilines is 1. The quantitative estimate of drug-likeness (QED) is 0.344. The van der Waals surface area contributed by atoms with Crippen LogP contribution in [0.25, 0.3) is 0 Å². The van der Waals surface area contributed by atoms with Crippen LogP contribution in [0.2, 0.25) is 0 Å². The molecule has 0 bridgehead atoms. The Bertz CT molecular complexity index is 1180. The summed E-state index contributed by atoms with van der Waals surface area (Å²) in [6, 6.07) is 16.9. The van der Waals surface area contributed by atoms with Crippen molar-refractivity contribution >= 4 is 29.4 Å². The van der Waals surface area contributed by atoms with Crippen LogP contribution < -0.4 is 5.32 Å². The summed E-state index contributed by atoms with van der Waals surface area (Å²) < 4.78 is 24.9. The molecule has 1 unspecified atom stereocenters. The van der Waals surface area contributed by atoms with Gasteiger partial charge in [-0.25, -0.2) is 9.18 Å². The number of benzene rings is 2. The molecule has 0 saturated carbocycles. The summed E-state index contributed by atoms with van der Waals surface area (Å²) in [5.41, 5.74) is 1.43. The van der Waals surface area contributed by atoms with Gasteiger partial charge in [0.2, 0.25) is 5.91 Å². The van der Waals surface area contributed by atoms with E-state index in [-0.39, 0.29) is 43.5 Å². The Labute approximate surface area is 221 Å². The van der Waals surface area contributed by atoms with Crippen molar-refractivity contribution in [2.24, 2.45) is 0 Å². The fraction of sp³-hybridized carbons (Fsp3) is 0.357. The number of ether oxygens (including phenoxy) is 1. The molecule has 2 aromatic carbocycles. The minimum Gasteiger partial charge on any atom is -0.464 e. The number of thioether (sulfide) groups is 1. The van der Waals surface area contributed by atoms with Gasteiger partial charge in [0.1, 0.15) is 23.9 Å². The van der Waals surface area contributed by atoms with E-state index in [1.54, 1.807) is 28.8 Å². The van der Waals surface area contributed by atoms with Gasteiger partial charge in [0.15, 0.2) is 0 Å². The van der Waals surface area contributed by atoms with Crippen LogP contribution in [-0.2, 0) is 22.6 Å². The van der Waals surface area contributed by atoms with Gasteiger partial charge in [0.25, 0.3) is 0 Å². The van der Waals surface area contributed by atoms with Gasteiger partial charge in [-0.2, -0.15) is 0 Å². The van der Waals surface area contributed by atoms with Crippen molar-refractivity contribution in [1.29, 1.82) is 0 Å². The van der Waals surface area contributed by atoms with E-state index in [1.165, 1.54) is 17.0 Å². The van der Waals surface area contributed by atoms with Gasteiger partial charge in [-0.15, -0.1) is 11.8 Å². The fourth-order valence-electron chi connectivity index (χ4n) is 4.19. The van der Waals surface area contributed by atoms with E-state index in [2.05, 4.69) is 5.32 Å². The minimum absolute atomic E-state index is 0.115. The van der Waals surface area contributed by atoms with Crippen LogP contribution in [0.3, 0.4) is 0 Å². The molecule has 1 aliphatic heterocycles. The number of carbonyl (C=O) groups is 2. The predicted octanol–water partition coefficient (Wildman–Crippen LogP) is 5.69. The number of urea groups is 1. The maximum Gasteiger partial charge on any atom is 0.322 e. The Morgan fingerprint density at radius 1 is 1.03 bits per heavy atom. The maximum absolute atomic E-state index is 13.6. The Morgan fingerprint density at radius 3 is 2.41 bits per heavy atom. The van der Waals surface area contributed by atoms with Crippen LogP contribution >= 0.6 is 11.8 Å². The molecule has 7 nitrogen and oxygen atoms in total. The minimum atomic E-state index is -0.365. The SMILES string of the molecule is CSc1ccc(NC(=O)N(CC(=O)N(Cc2ccc(F)cc2)Cc2ccc(C)o2)CC2CCCO2)cc1. The molecule has 0 aliphatic carbocycles. The summed E-state index contributed by atoms with van der Waals surface area (Å²) in [6.07, 6.45) is 3.64. The maximum atomic E-state index is 13.6. The van der Waals surface area contributed by atoms with Gasteiger partial charge < -0.3 is 24.3 Å². The van der Waals surface area contributed by atoms with E-state index in [4.69, 9.17) is 9.15 Å². The van der Waals surface area contributed by atoms with Gasteiger partial charge in [-0.3, -0.25) is 4.79 Å². The lowest BCUT2D eigenvalue weighted by Gasteiger charge is -2.29. The second-order valence-electron chi connectivity index (χ2n) is 9.06. The van der Waals surface area contributed by atoms with E-state index >= 15 is 0 Å². The summed E-state index contributed by atoms with van der Waals surface area (Å²) in [5.74, 6) is 0.797. The van der Waals surface area contributed by atoms with Crippen molar-refractivity contribution in [2.75, 3.05) is 31.3 Å². The van der Waals surface area contributed by atoms with Crippen LogP contribution in [0.15, 0.2) is 70.0 Å². The molecule has 1 fully saturated rings. The number of halogens is 1. The zero-order valence-corrected chi connectivity index (χ0v) is 21.9. The number of aryl methyl sites for hydroxylation is 1. The highest BCUT2D eigenvalue weighted by atomic mass is 32.2. The normalized spacial score (nSPS) is 14.9. The lowest BCUT2D eigenvalue weighted by atomic mass is 10.2. The molecule has 1 aliphatic rings. The van der Waals surface area contributed by atoms with E-state index in [9.17, 15) is 14.0 Å². The molecule has 9 heteroatoms. The Morgan fingerprint density at radius 2 is 1.78 bits per heavy atom. The molecule has 196 valence electrons. The first-order valence-corrected chi connectivity index (χ1v) is 13.5. The third-order valence-electron chi connectivity index (χ3n) is 6.18. The number of hydrogen-bond acceptors (Lipinski definition) is 5. The van der Waals surface area contributed by atoms with Gasteiger partial charge in [0, 0.05) is 30.3 Å². The van der Waals surface area contributed by atoms with Crippen molar-refractivity contribution < 1.29 is 23.1 Å². The lowest BCUT2D eigenvalue weighted by Crippen LogP contribution is -2.46. The number of hydrogen-bond donors (Lipinski definition) is 1. The molecular formula is C28H32FN3O4S. The van der Waals surface area contributed by atoms with E-state index in [0.29, 0.717) is 24.6 Å². The Kier molecular flexibility index (Phi) is 9.24. The van der Waals surface area contributed by atoms with Crippen LogP contribution in [0, 0.1) is 12.7 Å². The molecule has 0 spiro atoms. The highest BCUT2D eigenvalue weighted by molar-refractivity contribution is 7.98. The van der Waals surface area contributed by atoms with Crippen LogP contribution in [0.5, 0.6) is 0 Å². The summed E-state index contributed by atoms with van der Waals surface area (Å²) >= 11 is 1.62. The third kappa shape index (κ3) is 7.84. The smallest absolute Gasteiger partial charge is 0.322 e. The van der Waals surface area contributed by atoms with E-state index in [1.807, 2.05) is 49.6 Å². The highest BCUT2D eigenvalue weighted by Crippen LogP contribution is 2.20. The topological polar surface area (TPSA) is 75.0 Å². The van der Waals surface area contributed by atoms with Crippen molar-refractivity contribution in [3.8, 4) is 0 Å². The molecule has 1 aromatic heterocycles. The van der Waals surface area contributed by atoms with Gasteiger partial charge in [0.05, 0.1) is 12.6 Å². The second kappa shape index (κ2) is 12.8. The molecule has 3 aromatic rings. The van der Waals surface area contributed by atoms with Gasteiger partial charge >= 0.3 is 6.03 Å². The van der Waals surface area contributed by atoms with Crippen LogP contribution in [0.4, 0.5) is 14.9 Å². The number of nitrogens with one attached hydrogen (secondary N) is 1. The highest BCUT2D eigenvalue weighted by Gasteiger charge is 2.27. The van der Waals surface area contributed by atoms with E-state index < -0.39 is 0 Å². The Hall–Kier alpha value is -3.30. The summed E-state index contributed by atoms with van der Waals surface area (Å²) in [5, 5.41) is 2.91. The van der Waals surface area contributed by atoms with Gasteiger partial charge in [-0.05, 0) is 80.1 Å². The molecule has 3 amide bonds. The third-order valence-corrected chi connectivity index (χ3v) is 6.93. The second-order valence-corrected chi connectivity index (χ2v) is 9.94. The number of nitrogens with zero attached hydrogens (tertiary/aromatic N) is 2. The molecule has 1 atom stereocenters. The fourth-order valence-corrected chi connectivity index (χ4v) is 4.60. The standard InChI is InChI=1S/C28H32FN3O4S/c1-20-5-12-25(36-20)18-31(16-21-6-8-22(29)9-7-21)27(33)19-32(17-24-4-3-15-35-24)28(34)30-23-10-13-26(37-2)14-11-23/h5-14,24H,3-4,15-19H2,1-2H3,(H,30,34). The van der Waals surface area contributed by atoms with Gasteiger partial charge in [-0.1, -0.05) is 12.1 Å². The molecule has 4 rings (SSSR count). The predicted molar refractivity (Wildman–Crippen MR) is 142 cm³/mol. The molecule has 0 radical (unpaired) electrons. The molecule has 1 saturated heterocycles. The molecule has 2 heterocycles. The average Bonchev–Trinajstić information content (AvgIpc) is 3.56. The first-order chi connectivity index (χ1) is 17.9. The summed E-state index contributed by atoms with van der Waals surface area (Å²) in [7, 11) is 0. The number of furan rings is 1. The first kappa shape index (κ1) is 26.8. The lowest BCUT2D eigenvalue weighted by molar-refractivity contribution is -0.133. The van der Waals surface area contributed by atoms with Crippen LogP contribution in [0.1, 0.15) is 29.9 Å². The zero-order chi connectivity index (χ0) is 26.2. The largest absolute Gasteiger partial charge is 0.464 e. The summed E-state index contributed by atoms with van der Waals surface area (Å²) in [4.78, 5) is 31.1. The number of amides is 3. The molecular weight excluding hydrogens is 493 g/mol. The Balaban J connectivity index is 1.51. The number of carbonyl (C=O) groups excluding carboxylic acids is 2. The zero-order valence-electron chi connectivity index (χ0n) is 21.1. The van der Waals surface area contributed by atoms with Crippen molar-refractivity contribution in [3.05, 3.63) is 83.6 Å². The van der Waals surface area contributed by atoms with Crippen LogP contribution in [-0.4, -0.2) is 53.8 Å². The monoisotopic (exact) mass is 525 g/mol. The first-order valence-electron chi connectivity index (χ1n) is 12.3. The summed E-state index contributed by atoms with van der Waals surface area (Å²) in [6.45, 7) is 3.16. The molecule has 37 heavy (non-hydrogen) atoms. The molecule has 1 N–H and O–H groups in total. The average molecular weight is 526 g/mol. The van der Waals surface area contributed by atoms with Crippen molar-refractivity contribution in [3.63, 3.8) is 0 Å². The van der Waals surface area contributed by atoms with Crippen molar-refractivity contribution in [2.45, 2.75) is 43.9 Å². The number of rotatable bonds is 10. The van der Waals surface area contributed by atoms with E-state index in [0.717, 1.165) is 29.1 Å². The van der Waals surface area contributed by atoms with Crippen molar-refractivity contribution in [1.82, 2.24) is 9.80 Å².